The highest BCUT2D eigenvalue weighted by atomic mass is 35.5. The van der Waals surface area contributed by atoms with Gasteiger partial charge in [-0.05, 0) is 55.7 Å². The maximum atomic E-state index is 13.9. The molecular formula is C31H37Cl2N3O5S. The summed E-state index contributed by atoms with van der Waals surface area (Å²) in [7, 11) is -2.21. The molecule has 1 N–H and O–H groups in total. The molecule has 0 bridgehead atoms. The Hall–Kier alpha value is -3.27. The number of nitrogens with one attached hydrogen (secondary N) is 1. The number of para-hydroxylation sites is 2. The van der Waals surface area contributed by atoms with Gasteiger partial charge in [-0.2, -0.15) is 0 Å². The van der Waals surface area contributed by atoms with E-state index in [2.05, 4.69) is 5.32 Å². The quantitative estimate of drug-likeness (QED) is 0.245. The zero-order valence-corrected chi connectivity index (χ0v) is 26.5. The second-order valence-corrected chi connectivity index (χ2v) is 13.0. The molecule has 0 saturated heterocycles. The van der Waals surface area contributed by atoms with Gasteiger partial charge in [0, 0.05) is 42.0 Å². The Morgan fingerprint density at radius 2 is 1.64 bits per heavy atom. The molecule has 0 heterocycles. The minimum Gasteiger partial charge on any atom is -0.495 e. The highest BCUT2D eigenvalue weighted by Crippen LogP contribution is 2.30. The van der Waals surface area contributed by atoms with E-state index in [0.29, 0.717) is 27.0 Å². The minimum absolute atomic E-state index is 0.00732. The summed E-state index contributed by atoms with van der Waals surface area (Å²) < 4.78 is 32.0. The van der Waals surface area contributed by atoms with Gasteiger partial charge in [0.1, 0.15) is 11.8 Å². The van der Waals surface area contributed by atoms with E-state index in [1.165, 1.54) is 16.3 Å². The number of rotatable bonds is 14. The standard InChI is InChI=1S/C31H37Cl2N3O5S/c1-22(2)34-31(38)28(19-23-11-6-5-7-12-23)35(21-24-16-17-25(32)20-26(24)33)30(37)15-10-18-36(42(4,39)40)27-13-8-9-14-29(27)41-3/h5-9,11-14,16-17,20,22,28H,10,15,18-19,21H2,1-4H3,(H,34,38)/t28-/m1/s1. The van der Waals surface area contributed by atoms with Gasteiger partial charge < -0.3 is 15.0 Å². The zero-order valence-electron chi connectivity index (χ0n) is 24.2. The summed E-state index contributed by atoms with van der Waals surface area (Å²) in [4.78, 5) is 29.0. The molecule has 0 radical (unpaired) electrons. The molecule has 0 aliphatic rings. The number of methoxy groups -OCH3 is 1. The van der Waals surface area contributed by atoms with E-state index in [9.17, 15) is 18.0 Å². The van der Waals surface area contributed by atoms with E-state index in [1.807, 2.05) is 44.2 Å². The average Bonchev–Trinajstić information content (AvgIpc) is 2.93. The first-order valence-electron chi connectivity index (χ1n) is 13.6. The monoisotopic (exact) mass is 633 g/mol. The Labute approximate surface area is 258 Å². The molecule has 0 fully saturated rings. The third kappa shape index (κ3) is 9.37. The molecule has 3 rings (SSSR count). The number of amides is 2. The minimum atomic E-state index is -3.68. The number of hydrogen-bond donors (Lipinski definition) is 1. The molecule has 2 amide bonds. The van der Waals surface area contributed by atoms with E-state index in [0.717, 1.165) is 11.8 Å². The third-order valence-electron chi connectivity index (χ3n) is 6.56. The topological polar surface area (TPSA) is 96.0 Å². The molecule has 11 heteroatoms. The average molecular weight is 635 g/mol. The van der Waals surface area contributed by atoms with Gasteiger partial charge in [-0.15, -0.1) is 0 Å². The predicted molar refractivity (Wildman–Crippen MR) is 169 cm³/mol. The first-order valence-corrected chi connectivity index (χ1v) is 16.2. The van der Waals surface area contributed by atoms with Crippen LogP contribution in [0.1, 0.15) is 37.8 Å². The highest BCUT2D eigenvalue weighted by Gasteiger charge is 2.31. The van der Waals surface area contributed by atoms with E-state index in [4.69, 9.17) is 27.9 Å². The van der Waals surface area contributed by atoms with Crippen LogP contribution in [-0.4, -0.2) is 57.1 Å². The molecule has 0 aromatic heterocycles. The maximum absolute atomic E-state index is 13.9. The van der Waals surface area contributed by atoms with Crippen LogP contribution in [0.4, 0.5) is 5.69 Å². The van der Waals surface area contributed by atoms with Gasteiger partial charge in [-0.1, -0.05) is 71.7 Å². The van der Waals surface area contributed by atoms with Crippen molar-refractivity contribution >= 4 is 50.7 Å². The number of anilines is 1. The first kappa shape index (κ1) is 33.2. The van der Waals surface area contributed by atoms with Gasteiger partial charge in [0.25, 0.3) is 0 Å². The summed E-state index contributed by atoms with van der Waals surface area (Å²) in [5.74, 6) is -0.199. The Morgan fingerprint density at radius 3 is 2.26 bits per heavy atom. The lowest BCUT2D eigenvalue weighted by atomic mass is 10.0. The Balaban J connectivity index is 1.92. The molecule has 1 atom stereocenters. The molecular weight excluding hydrogens is 597 g/mol. The normalized spacial score (nSPS) is 12.1. The molecule has 0 saturated carbocycles. The van der Waals surface area contributed by atoms with Crippen LogP contribution >= 0.6 is 23.2 Å². The van der Waals surface area contributed by atoms with Crippen LogP contribution in [0.5, 0.6) is 5.75 Å². The van der Waals surface area contributed by atoms with Crippen molar-refractivity contribution in [2.24, 2.45) is 0 Å². The van der Waals surface area contributed by atoms with Gasteiger partial charge in [-0.25, -0.2) is 8.42 Å². The van der Waals surface area contributed by atoms with Gasteiger partial charge in [-0.3, -0.25) is 13.9 Å². The maximum Gasteiger partial charge on any atom is 0.243 e. The first-order chi connectivity index (χ1) is 19.9. The van der Waals surface area contributed by atoms with Crippen molar-refractivity contribution in [3.05, 3.63) is 94.0 Å². The van der Waals surface area contributed by atoms with E-state index >= 15 is 0 Å². The van der Waals surface area contributed by atoms with Crippen molar-refractivity contribution < 1.29 is 22.7 Å². The van der Waals surface area contributed by atoms with E-state index in [1.54, 1.807) is 42.5 Å². The summed E-state index contributed by atoms with van der Waals surface area (Å²) in [6.07, 6.45) is 1.60. The van der Waals surface area contributed by atoms with E-state index < -0.39 is 16.1 Å². The summed E-state index contributed by atoms with van der Waals surface area (Å²) >= 11 is 12.6. The number of benzene rings is 3. The molecule has 3 aromatic carbocycles. The lowest BCUT2D eigenvalue weighted by Gasteiger charge is -2.32. The fourth-order valence-electron chi connectivity index (χ4n) is 4.59. The van der Waals surface area contributed by atoms with Crippen LogP contribution < -0.4 is 14.4 Å². The smallest absolute Gasteiger partial charge is 0.243 e. The summed E-state index contributed by atoms with van der Waals surface area (Å²) in [6.45, 7) is 3.83. The van der Waals surface area contributed by atoms with Crippen molar-refractivity contribution in [1.82, 2.24) is 10.2 Å². The number of carbonyl (C=O) groups excluding carboxylic acids is 2. The molecule has 0 aliphatic carbocycles. The number of hydrogen-bond acceptors (Lipinski definition) is 5. The van der Waals surface area contributed by atoms with Crippen molar-refractivity contribution in [2.45, 2.75) is 51.7 Å². The number of ether oxygens (including phenoxy) is 1. The SMILES string of the molecule is COc1ccccc1N(CCCC(=O)N(Cc1ccc(Cl)cc1Cl)[C@H](Cc1ccccc1)C(=O)NC(C)C)S(C)(=O)=O. The fourth-order valence-corrected chi connectivity index (χ4v) is 6.02. The molecule has 0 unspecified atom stereocenters. The van der Waals surface area contributed by atoms with Crippen molar-refractivity contribution in [3.63, 3.8) is 0 Å². The molecule has 0 aliphatic heterocycles. The third-order valence-corrected chi connectivity index (χ3v) is 8.33. The van der Waals surface area contributed by atoms with Gasteiger partial charge >= 0.3 is 0 Å². The van der Waals surface area contributed by atoms with Gasteiger partial charge in [0.2, 0.25) is 21.8 Å². The molecule has 8 nitrogen and oxygen atoms in total. The second kappa shape index (κ2) is 15.3. The van der Waals surface area contributed by atoms with Crippen molar-refractivity contribution in [2.75, 3.05) is 24.2 Å². The number of nitrogens with zero attached hydrogens (tertiary/aromatic N) is 2. The van der Waals surface area contributed by atoms with Crippen molar-refractivity contribution in [3.8, 4) is 5.75 Å². The second-order valence-electron chi connectivity index (χ2n) is 10.2. The van der Waals surface area contributed by atoms with Crippen LogP contribution in [0.15, 0.2) is 72.8 Å². The molecule has 226 valence electrons. The fraction of sp³-hybridized carbons (Fsp3) is 0.355. The molecule has 0 spiro atoms. The summed E-state index contributed by atoms with van der Waals surface area (Å²) in [5, 5.41) is 3.78. The van der Waals surface area contributed by atoms with Crippen LogP contribution in [0.3, 0.4) is 0 Å². The molecule has 42 heavy (non-hydrogen) atoms. The number of sulfonamides is 1. The van der Waals surface area contributed by atoms with Crippen LogP contribution in [0.25, 0.3) is 0 Å². The number of halogens is 2. The van der Waals surface area contributed by atoms with Crippen LogP contribution in [-0.2, 0) is 32.6 Å². The van der Waals surface area contributed by atoms with E-state index in [-0.39, 0.29) is 50.2 Å². The Kier molecular flexibility index (Phi) is 12.1. The molecule has 3 aromatic rings. The largest absolute Gasteiger partial charge is 0.495 e. The predicted octanol–water partition coefficient (Wildman–Crippen LogP) is 5.71. The highest BCUT2D eigenvalue weighted by molar-refractivity contribution is 7.92. The lowest BCUT2D eigenvalue weighted by Crippen LogP contribution is -2.51. The summed E-state index contributed by atoms with van der Waals surface area (Å²) in [6, 6.07) is 20.3. The van der Waals surface area contributed by atoms with Crippen LogP contribution in [0.2, 0.25) is 10.0 Å². The lowest BCUT2D eigenvalue weighted by molar-refractivity contribution is -0.141. The van der Waals surface area contributed by atoms with Gasteiger partial charge in [0.15, 0.2) is 0 Å². The van der Waals surface area contributed by atoms with Gasteiger partial charge in [0.05, 0.1) is 19.1 Å². The number of carbonyl (C=O) groups is 2. The summed E-state index contributed by atoms with van der Waals surface area (Å²) in [5.41, 5.74) is 1.91. The zero-order chi connectivity index (χ0) is 30.9. The Bertz CT molecular complexity index is 1470. The Morgan fingerprint density at radius 1 is 0.976 bits per heavy atom. The van der Waals surface area contributed by atoms with Crippen molar-refractivity contribution in [1.29, 1.82) is 0 Å². The van der Waals surface area contributed by atoms with Crippen LogP contribution in [0, 0.1) is 0 Å².